The zero-order valence-corrected chi connectivity index (χ0v) is 11.0. The van der Waals surface area contributed by atoms with Gasteiger partial charge in [-0.1, -0.05) is 19.8 Å². The van der Waals surface area contributed by atoms with Crippen molar-refractivity contribution in [2.24, 2.45) is 14.1 Å². The highest BCUT2D eigenvalue weighted by molar-refractivity contribution is 5.51. The van der Waals surface area contributed by atoms with Gasteiger partial charge in [0.1, 0.15) is 11.9 Å². The molecule has 0 aliphatic rings. The van der Waals surface area contributed by atoms with Gasteiger partial charge in [0, 0.05) is 20.6 Å². The molecule has 6 heteroatoms. The third-order valence-electron chi connectivity index (χ3n) is 2.85. The van der Waals surface area contributed by atoms with Crippen molar-refractivity contribution < 1.29 is 0 Å². The molecule has 0 unspecified atom stereocenters. The zero-order valence-electron chi connectivity index (χ0n) is 11.0. The minimum absolute atomic E-state index is 0.0175. The molecule has 1 N–H and O–H groups in total. The molecule has 6 nitrogen and oxygen atoms in total. The van der Waals surface area contributed by atoms with Crippen LogP contribution >= 0.6 is 0 Å². The molecule has 0 aliphatic carbocycles. The SMILES string of the molecule is CCCCCNc1c(C#N)c(=O)n(C)c(=O)n1C. The summed E-state index contributed by atoms with van der Waals surface area (Å²) in [4.78, 5) is 23.5. The Morgan fingerprint density at radius 1 is 1.22 bits per heavy atom. The maximum atomic E-state index is 11.8. The number of rotatable bonds is 5. The standard InChI is InChI=1S/C12H18N4O2/c1-4-5-6-7-14-10-9(8-13)11(17)16(3)12(18)15(10)2/h14H,4-7H2,1-3H3. The van der Waals surface area contributed by atoms with Crippen molar-refractivity contribution in [3.05, 3.63) is 26.4 Å². The van der Waals surface area contributed by atoms with E-state index in [9.17, 15) is 9.59 Å². The molecule has 0 spiro atoms. The summed E-state index contributed by atoms with van der Waals surface area (Å²) in [6.07, 6.45) is 3.08. The molecule has 0 saturated heterocycles. The van der Waals surface area contributed by atoms with Crippen LogP contribution in [0.3, 0.4) is 0 Å². The van der Waals surface area contributed by atoms with Crippen LogP contribution in [0.25, 0.3) is 0 Å². The first-order valence-corrected chi connectivity index (χ1v) is 5.98. The van der Waals surface area contributed by atoms with Crippen LogP contribution in [0.15, 0.2) is 9.59 Å². The summed E-state index contributed by atoms with van der Waals surface area (Å²) in [6.45, 7) is 2.73. The minimum Gasteiger partial charge on any atom is -0.370 e. The summed E-state index contributed by atoms with van der Waals surface area (Å²) in [5.41, 5.74) is -1.01. The number of unbranched alkanes of at least 4 members (excludes halogenated alkanes) is 2. The lowest BCUT2D eigenvalue weighted by molar-refractivity contribution is 0.678. The van der Waals surface area contributed by atoms with Crippen LogP contribution in [0.5, 0.6) is 0 Å². The van der Waals surface area contributed by atoms with Crippen LogP contribution in [0.1, 0.15) is 31.7 Å². The predicted octanol–water partition coefficient (Wildman–Crippen LogP) is 0.558. The van der Waals surface area contributed by atoms with E-state index in [1.807, 2.05) is 6.07 Å². The Labute approximate surface area is 105 Å². The molecule has 0 radical (unpaired) electrons. The van der Waals surface area contributed by atoms with Crippen molar-refractivity contribution >= 4 is 5.82 Å². The lowest BCUT2D eigenvalue weighted by Gasteiger charge is -2.13. The molecule has 18 heavy (non-hydrogen) atoms. The van der Waals surface area contributed by atoms with Gasteiger partial charge in [-0.25, -0.2) is 4.79 Å². The Kier molecular flexibility index (Phi) is 4.72. The number of hydrogen-bond acceptors (Lipinski definition) is 4. The number of anilines is 1. The maximum absolute atomic E-state index is 11.8. The molecule has 1 aromatic rings. The van der Waals surface area contributed by atoms with Crippen molar-refractivity contribution in [2.45, 2.75) is 26.2 Å². The van der Waals surface area contributed by atoms with Crippen LogP contribution in [-0.2, 0) is 14.1 Å². The molecule has 1 heterocycles. The number of aromatic nitrogens is 2. The van der Waals surface area contributed by atoms with E-state index in [1.165, 1.54) is 11.6 Å². The maximum Gasteiger partial charge on any atom is 0.332 e. The molecule has 0 aliphatic heterocycles. The average Bonchev–Trinajstić information content (AvgIpc) is 2.38. The number of nitrogens with one attached hydrogen (secondary N) is 1. The average molecular weight is 250 g/mol. The molecule has 0 atom stereocenters. The van der Waals surface area contributed by atoms with Gasteiger partial charge in [-0.05, 0) is 6.42 Å². The van der Waals surface area contributed by atoms with Gasteiger partial charge in [0.15, 0.2) is 5.56 Å². The lowest BCUT2D eigenvalue weighted by Crippen LogP contribution is -2.39. The van der Waals surface area contributed by atoms with E-state index in [0.717, 1.165) is 23.8 Å². The Bertz CT molecular complexity index is 577. The molecule has 0 amide bonds. The van der Waals surface area contributed by atoms with Crippen molar-refractivity contribution in [2.75, 3.05) is 11.9 Å². The van der Waals surface area contributed by atoms with Gasteiger partial charge in [0.2, 0.25) is 0 Å². The van der Waals surface area contributed by atoms with Crippen LogP contribution in [0.4, 0.5) is 5.82 Å². The zero-order chi connectivity index (χ0) is 13.7. The summed E-state index contributed by atoms with van der Waals surface area (Å²) in [5, 5.41) is 12.0. The van der Waals surface area contributed by atoms with E-state index in [1.54, 1.807) is 7.05 Å². The fraction of sp³-hybridized carbons (Fsp3) is 0.583. The second-order valence-electron chi connectivity index (χ2n) is 4.18. The summed E-state index contributed by atoms with van der Waals surface area (Å²) >= 11 is 0. The van der Waals surface area contributed by atoms with E-state index >= 15 is 0 Å². The van der Waals surface area contributed by atoms with Crippen molar-refractivity contribution in [1.82, 2.24) is 9.13 Å². The largest absolute Gasteiger partial charge is 0.370 e. The van der Waals surface area contributed by atoms with E-state index in [2.05, 4.69) is 12.2 Å². The van der Waals surface area contributed by atoms with Crippen molar-refractivity contribution in [3.8, 4) is 6.07 Å². The summed E-state index contributed by atoms with van der Waals surface area (Å²) < 4.78 is 2.24. The molecular weight excluding hydrogens is 232 g/mol. The molecule has 98 valence electrons. The Hall–Kier alpha value is -2.03. The molecule has 0 aromatic carbocycles. The first kappa shape index (κ1) is 14.0. The fourth-order valence-electron chi connectivity index (χ4n) is 1.73. The second-order valence-corrected chi connectivity index (χ2v) is 4.18. The normalized spacial score (nSPS) is 10.1. The molecule has 1 aromatic heterocycles. The van der Waals surface area contributed by atoms with Gasteiger partial charge < -0.3 is 5.32 Å². The Morgan fingerprint density at radius 2 is 1.89 bits per heavy atom. The summed E-state index contributed by atoms with van der Waals surface area (Å²) in [5.74, 6) is 0.307. The Morgan fingerprint density at radius 3 is 2.44 bits per heavy atom. The van der Waals surface area contributed by atoms with Crippen molar-refractivity contribution in [1.29, 1.82) is 5.26 Å². The van der Waals surface area contributed by atoms with Crippen LogP contribution < -0.4 is 16.6 Å². The number of nitriles is 1. The molecular formula is C12H18N4O2. The van der Waals surface area contributed by atoms with E-state index < -0.39 is 11.2 Å². The van der Waals surface area contributed by atoms with Crippen LogP contribution in [0, 0.1) is 11.3 Å². The number of nitrogens with zero attached hydrogens (tertiary/aromatic N) is 3. The first-order valence-electron chi connectivity index (χ1n) is 5.98. The highest BCUT2D eigenvalue weighted by atomic mass is 16.2. The van der Waals surface area contributed by atoms with Gasteiger partial charge in [0.05, 0.1) is 0 Å². The van der Waals surface area contributed by atoms with E-state index in [4.69, 9.17) is 5.26 Å². The fourth-order valence-corrected chi connectivity index (χ4v) is 1.73. The minimum atomic E-state index is -0.557. The smallest absolute Gasteiger partial charge is 0.332 e. The Balaban J connectivity index is 3.15. The third-order valence-corrected chi connectivity index (χ3v) is 2.85. The highest BCUT2D eigenvalue weighted by Gasteiger charge is 2.14. The van der Waals surface area contributed by atoms with Crippen molar-refractivity contribution in [3.63, 3.8) is 0 Å². The number of hydrogen-bond donors (Lipinski definition) is 1. The molecule has 0 bridgehead atoms. The van der Waals surface area contributed by atoms with Gasteiger partial charge in [0.25, 0.3) is 5.56 Å². The highest BCUT2D eigenvalue weighted by Crippen LogP contribution is 2.07. The topological polar surface area (TPSA) is 79.8 Å². The van der Waals surface area contributed by atoms with Crippen LogP contribution in [0.2, 0.25) is 0 Å². The van der Waals surface area contributed by atoms with Crippen LogP contribution in [-0.4, -0.2) is 15.7 Å². The monoisotopic (exact) mass is 250 g/mol. The quantitative estimate of drug-likeness (QED) is 0.774. The molecule has 0 fully saturated rings. The predicted molar refractivity (Wildman–Crippen MR) is 69.7 cm³/mol. The van der Waals surface area contributed by atoms with E-state index in [0.29, 0.717) is 12.4 Å². The van der Waals surface area contributed by atoms with E-state index in [-0.39, 0.29) is 5.56 Å². The third kappa shape index (κ3) is 2.62. The first-order chi connectivity index (χ1) is 8.54. The molecule has 1 rings (SSSR count). The van der Waals surface area contributed by atoms with Gasteiger partial charge >= 0.3 is 5.69 Å². The summed E-state index contributed by atoms with van der Waals surface area (Å²) in [6, 6.07) is 1.86. The second kappa shape index (κ2) is 6.05. The van der Waals surface area contributed by atoms with Gasteiger partial charge in [-0.3, -0.25) is 13.9 Å². The van der Waals surface area contributed by atoms with Gasteiger partial charge in [-0.2, -0.15) is 5.26 Å². The summed E-state index contributed by atoms with van der Waals surface area (Å²) in [7, 11) is 2.91. The lowest BCUT2D eigenvalue weighted by atomic mass is 10.2. The van der Waals surface area contributed by atoms with Gasteiger partial charge in [-0.15, -0.1) is 0 Å². The molecule has 0 saturated carbocycles.